The van der Waals surface area contributed by atoms with Crippen molar-refractivity contribution in [1.82, 2.24) is 15.6 Å². The summed E-state index contributed by atoms with van der Waals surface area (Å²) in [4.78, 5) is 16.4. The van der Waals surface area contributed by atoms with Crippen molar-refractivity contribution >= 4 is 17.4 Å². The van der Waals surface area contributed by atoms with Crippen LogP contribution >= 0.6 is 11.3 Å². The Balaban J connectivity index is 1.86. The highest BCUT2D eigenvalue weighted by Gasteiger charge is 2.14. The topological polar surface area (TPSA) is 63.2 Å². The molecule has 0 fully saturated rings. The third-order valence-corrected chi connectivity index (χ3v) is 4.52. The lowest BCUT2D eigenvalue weighted by Crippen LogP contribution is -2.38. The SMILES string of the molecule is COc1ccc(C)cc1[C@H](C)NC(=O)NCCc1nc(C)cs1. The number of thiazole rings is 1. The van der Waals surface area contributed by atoms with Crippen LogP contribution in [0.4, 0.5) is 4.79 Å². The number of hydrogen-bond donors (Lipinski definition) is 2. The number of methoxy groups -OCH3 is 1. The molecule has 2 N–H and O–H groups in total. The zero-order valence-electron chi connectivity index (χ0n) is 14.0. The van der Waals surface area contributed by atoms with Gasteiger partial charge in [0.1, 0.15) is 5.75 Å². The Kier molecular flexibility index (Phi) is 5.98. The van der Waals surface area contributed by atoms with Gasteiger partial charge in [-0.3, -0.25) is 0 Å². The Morgan fingerprint density at radius 2 is 2.17 bits per heavy atom. The van der Waals surface area contributed by atoms with Crippen LogP contribution in [0, 0.1) is 13.8 Å². The molecule has 0 saturated carbocycles. The standard InChI is InChI=1S/C17H23N3O2S/c1-11-5-6-15(22-4)14(9-11)13(3)20-17(21)18-8-7-16-19-12(2)10-23-16/h5-6,9-10,13H,7-8H2,1-4H3,(H2,18,20,21)/t13-/m0/s1. The lowest BCUT2D eigenvalue weighted by atomic mass is 10.0. The third kappa shape index (κ3) is 4.96. The molecule has 6 heteroatoms. The zero-order valence-corrected chi connectivity index (χ0v) is 14.8. The van der Waals surface area contributed by atoms with Gasteiger partial charge in [-0.1, -0.05) is 17.7 Å². The van der Waals surface area contributed by atoms with Gasteiger partial charge in [-0.2, -0.15) is 0 Å². The third-order valence-electron chi connectivity index (χ3n) is 3.49. The molecule has 124 valence electrons. The Labute approximate surface area is 141 Å². The van der Waals surface area contributed by atoms with E-state index in [9.17, 15) is 4.79 Å². The number of aryl methyl sites for hydroxylation is 2. The molecule has 0 bridgehead atoms. The maximum absolute atomic E-state index is 12.0. The van der Waals surface area contributed by atoms with Gasteiger partial charge >= 0.3 is 6.03 Å². The summed E-state index contributed by atoms with van der Waals surface area (Å²) in [6.07, 6.45) is 0.744. The Morgan fingerprint density at radius 3 is 2.83 bits per heavy atom. The second kappa shape index (κ2) is 7.97. The van der Waals surface area contributed by atoms with Gasteiger partial charge in [-0.15, -0.1) is 11.3 Å². The predicted octanol–water partition coefficient (Wildman–Crippen LogP) is 3.37. The Hall–Kier alpha value is -2.08. The van der Waals surface area contributed by atoms with Gasteiger partial charge < -0.3 is 15.4 Å². The first-order valence-electron chi connectivity index (χ1n) is 7.59. The number of ether oxygens (including phenoxy) is 1. The normalized spacial score (nSPS) is 11.8. The van der Waals surface area contributed by atoms with E-state index in [-0.39, 0.29) is 12.1 Å². The molecule has 2 aromatic rings. The second-order valence-corrected chi connectivity index (χ2v) is 6.44. The van der Waals surface area contributed by atoms with E-state index in [1.54, 1.807) is 18.4 Å². The molecule has 1 atom stereocenters. The van der Waals surface area contributed by atoms with E-state index in [2.05, 4.69) is 15.6 Å². The van der Waals surface area contributed by atoms with Crippen molar-refractivity contribution in [1.29, 1.82) is 0 Å². The Morgan fingerprint density at radius 1 is 1.39 bits per heavy atom. The summed E-state index contributed by atoms with van der Waals surface area (Å²) >= 11 is 1.62. The summed E-state index contributed by atoms with van der Waals surface area (Å²) in [5.74, 6) is 0.779. The fourth-order valence-corrected chi connectivity index (χ4v) is 3.09. The number of carbonyl (C=O) groups is 1. The molecule has 0 spiro atoms. The molecule has 23 heavy (non-hydrogen) atoms. The van der Waals surface area contributed by atoms with Crippen LogP contribution in [-0.4, -0.2) is 24.7 Å². The number of rotatable bonds is 6. The number of amides is 2. The van der Waals surface area contributed by atoms with Crippen LogP contribution in [0.5, 0.6) is 5.75 Å². The summed E-state index contributed by atoms with van der Waals surface area (Å²) in [6.45, 7) is 6.50. The zero-order chi connectivity index (χ0) is 16.8. The van der Waals surface area contributed by atoms with Gasteiger partial charge in [0, 0.05) is 29.6 Å². The molecule has 5 nitrogen and oxygen atoms in total. The first-order valence-corrected chi connectivity index (χ1v) is 8.47. The fraction of sp³-hybridized carbons (Fsp3) is 0.412. The van der Waals surface area contributed by atoms with Crippen molar-refractivity contribution in [3.8, 4) is 5.75 Å². The van der Waals surface area contributed by atoms with E-state index in [0.29, 0.717) is 6.54 Å². The number of nitrogens with one attached hydrogen (secondary N) is 2. The maximum Gasteiger partial charge on any atom is 0.315 e. The summed E-state index contributed by atoms with van der Waals surface area (Å²) in [5, 5.41) is 8.87. The monoisotopic (exact) mass is 333 g/mol. The molecule has 1 aromatic carbocycles. The molecule has 0 aliphatic rings. The van der Waals surface area contributed by atoms with Gasteiger partial charge in [-0.05, 0) is 26.8 Å². The van der Waals surface area contributed by atoms with Gasteiger partial charge in [0.2, 0.25) is 0 Å². The molecule has 0 aliphatic heterocycles. The summed E-state index contributed by atoms with van der Waals surface area (Å²) in [5.41, 5.74) is 3.13. The minimum Gasteiger partial charge on any atom is -0.496 e. The van der Waals surface area contributed by atoms with E-state index in [0.717, 1.165) is 34.0 Å². The summed E-state index contributed by atoms with van der Waals surface area (Å²) in [6, 6.07) is 5.63. The van der Waals surface area contributed by atoms with Crippen LogP contribution in [0.3, 0.4) is 0 Å². The molecule has 0 radical (unpaired) electrons. The van der Waals surface area contributed by atoms with Crippen molar-refractivity contribution in [2.24, 2.45) is 0 Å². The van der Waals surface area contributed by atoms with Crippen LogP contribution in [0.25, 0.3) is 0 Å². The highest BCUT2D eigenvalue weighted by Crippen LogP contribution is 2.25. The molecule has 2 amide bonds. The highest BCUT2D eigenvalue weighted by molar-refractivity contribution is 7.09. The average molecular weight is 333 g/mol. The smallest absolute Gasteiger partial charge is 0.315 e. The van der Waals surface area contributed by atoms with E-state index < -0.39 is 0 Å². The quantitative estimate of drug-likeness (QED) is 0.852. The lowest BCUT2D eigenvalue weighted by molar-refractivity contribution is 0.238. The van der Waals surface area contributed by atoms with Crippen molar-refractivity contribution in [2.75, 3.05) is 13.7 Å². The van der Waals surface area contributed by atoms with Crippen LogP contribution in [0.2, 0.25) is 0 Å². The second-order valence-electron chi connectivity index (χ2n) is 5.50. The number of urea groups is 1. The average Bonchev–Trinajstić information content (AvgIpc) is 2.92. The van der Waals surface area contributed by atoms with Crippen molar-refractivity contribution in [3.05, 3.63) is 45.4 Å². The molecular weight excluding hydrogens is 310 g/mol. The molecule has 2 rings (SSSR count). The molecule has 1 heterocycles. The fourth-order valence-electron chi connectivity index (χ4n) is 2.32. The molecule has 0 unspecified atom stereocenters. The van der Waals surface area contributed by atoms with Crippen LogP contribution in [-0.2, 0) is 6.42 Å². The first kappa shape index (κ1) is 17.3. The largest absolute Gasteiger partial charge is 0.496 e. The van der Waals surface area contributed by atoms with Gasteiger partial charge in [0.05, 0.1) is 18.2 Å². The number of aromatic nitrogens is 1. The summed E-state index contributed by atoms with van der Waals surface area (Å²) < 4.78 is 5.37. The molecule has 0 saturated heterocycles. The van der Waals surface area contributed by atoms with E-state index in [4.69, 9.17) is 4.74 Å². The maximum atomic E-state index is 12.0. The Bertz CT molecular complexity index is 670. The minimum absolute atomic E-state index is 0.132. The van der Waals surface area contributed by atoms with Crippen molar-refractivity contribution in [2.45, 2.75) is 33.2 Å². The first-order chi connectivity index (χ1) is 11.0. The number of hydrogen-bond acceptors (Lipinski definition) is 4. The van der Waals surface area contributed by atoms with E-state index in [1.165, 1.54) is 0 Å². The summed E-state index contributed by atoms with van der Waals surface area (Å²) in [7, 11) is 1.64. The van der Waals surface area contributed by atoms with Crippen LogP contribution in [0.15, 0.2) is 23.6 Å². The number of benzene rings is 1. The van der Waals surface area contributed by atoms with E-state index >= 15 is 0 Å². The van der Waals surface area contributed by atoms with Crippen molar-refractivity contribution in [3.63, 3.8) is 0 Å². The molecule has 0 aliphatic carbocycles. The predicted molar refractivity (Wildman–Crippen MR) is 93.2 cm³/mol. The van der Waals surface area contributed by atoms with E-state index in [1.807, 2.05) is 44.4 Å². The molecule has 1 aromatic heterocycles. The lowest BCUT2D eigenvalue weighted by Gasteiger charge is -2.18. The van der Waals surface area contributed by atoms with Gasteiger partial charge in [0.25, 0.3) is 0 Å². The number of carbonyl (C=O) groups excluding carboxylic acids is 1. The molecular formula is C17H23N3O2S. The van der Waals surface area contributed by atoms with Gasteiger partial charge in [-0.25, -0.2) is 9.78 Å². The van der Waals surface area contributed by atoms with Crippen LogP contribution < -0.4 is 15.4 Å². The van der Waals surface area contributed by atoms with Crippen LogP contribution in [0.1, 0.15) is 34.8 Å². The van der Waals surface area contributed by atoms with Gasteiger partial charge in [0.15, 0.2) is 0 Å². The minimum atomic E-state index is -0.186. The van der Waals surface area contributed by atoms with Crippen molar-refractivity contribution < 1.29 is 9.53 Å². The number of nitrogens with zero attached hydrogens (tertiary/aromatic N) is 1. The highest BCUT2D eigenvalue weighted by atomic mass is 32.1.